The predicted octanol–water partition coefficient (Wildman–Crippen LogP) is 0.869. The van der Waals surface area contributed by atoms with Crippen molar-refractivity contribution >= 4 is 5.91 Å². The summed E-state index contributed by atoms with van der Waals surface area (Å²) in [6.07, 6.45) is 2.09. The van der Waals surface area contributed by atoms with E-state index in [0.29, 0.717) is 11.8 Å². The summed E-state index contributed by atoms with van der Waals surface area (Å²) in [5.74, 6) is 0.929. The van der Waals surface area contributed by atoms with Crippen LogP contribution in [-0.4, -0.2) is 49.7 Å². The molecule has 2 saturated heterocycles. The second kappa shape index (κ2) is 4.94. The third kappa shape index (κ3) is 2.63. The van der Waals surface area contributed by atoms with Crippen LogP contribution in [-0.2, 0) is 9.53 Å². The lowest BCUT2D eigenvalue weighted by Gasteiger charge is -2.40. The van der Waals surface area contributed by atoms with Crippen molar-refractivity contribution in [2.45, 2.75) is 32.3 Å². The van der Waals surface area contributed by atoms with Gasteiger partial charge >= 0.3 is 0 Å². The van der Waals surface area contributed by atoms with Gasteiger partial charge < -0.3 is 15.0 Å². The Balaban J connectivity index is 1.99. The molecule has 0 spiro atoms. The lowest BCUT2D eigenvalue weighted by molar-refractivity contribution is -0.143. The first kappa shape index (κ1) is 12.8. The van der Waals surface area contributed by atoms with Crippen LogP contribution in [0.1, 0.15) is 26.7 Å². The van der Waals surface area contributed by atoms with Gasteiger partial charge in [-0.1, -0.05) is 6.92 Å². The number of carbonyl (C=O) groups is 1. The lowest BCUT2D eigenvalue weighted by atomic mass is 9.91. The molecule has 17 heavy (non-hydrogen) atoms. The number of nitrogens with one attached hydrogen (secondary N) is 1. The van der Waals surface area contributed by atoms with E-state index in [4.69, 9.17) is 4.74 Å². The second-order valence-electron chi connectivity index (χ2n) is 5.76. The van der Waals surface area contributed by atoms with Crippen molar-refractivity contribution in [3.8, 4) is 0 Å². The van der Waals surface area contributed by atoms with Crippen molar-refractivity contribution < 1.29 is 9.53 Å². The van der Waals surface area contributed by atoms with E-state index in [0.717, 1.165) is 39.0 Å². The van der Waals surface area contributed by atoms with Crippen molar-refractivity contribution in [3.63, 3.8) is 0 Å². The maximum absolute atomic E-state index is 12.4. The van der Waals surface area contributed by atoms with Crippen LogP contribution in [0.15, 0.2) is 0 Å². The molecule has 4 nitrogen and oxygen atoms in total. The minimum absolute atomic E-state index is 0.150. The maximum atomic E-state index is 12.4. The van der Waals surface area contributed by atoms with Gasteiger partial charge in [-0.3, -0.25) is 4.79 Å². The molecule has 0 aromatic heterocycles. The number of rotatable bonds is 2. The molecule has 0 bridgehead atoms. The Morgan fingerprint density at radius 2 is 2.24 bits per heavy atom. The number of hydrogen-bond acceptors (Lipinski definition) is 3. The first-order valence-corrected chi connectivity index (χ1v) is 6.60. The molecule has 3 atom stereocenters. The minimum Gasteiger partial charge on any atom is -0.377 e. The SMILES string of the molecule is COC1(C)CCCN(C(=O)[C@@H]2CNC[C@H]2C)C1. The van der Waals surface area contributed by atoms with E-state index in [1.807, 2.05) is 4.90 Å². The number of amides is 1. The van der Waals surface area contributed by atoms with Crippen LogP contribution in [0.3, 0.4) is 0 Å². The summed E-state index contributed by atoms with van der Waals surface area (Å²) >= 11 is 0. The molecule has 2 aliphatic heterocycles. The Morgan fingerprint density at radius 1 is 1.47 bits per heavy atom. The van der Waals surface area contributed by atoms with Gasteiger partial charge in [-0.2, -0.15) is 0 Å². The zero-order valence-electron chi connectivity index (χ0n) is 11.2. The first-order valence-electron chi connectivity index (χ1n) is 6.60. The van der Waals surface area contributed by atoms with Crippen LogP contribution in [0, 0.1) is 11.8 Å². The van der Waals surface area contributed by atoms with Gasteiger partial charge in [-0.05, 0) is 32.2 Å². The Bertz CT molecular complexity index is 295. The summed E-state index contributed by atoms with van der Waals surface area (Å²) in [5, 5.41) is 3.30. The van der Waals surface area contributed by atoms with E-state index < -0.39 is 0 Å². The van der Waals surface area contributed by atoms with Crippen molar-refractivity contribution in [3.05, 3.63) is 0 Å². The topological polar surface area (TPSA) is 41.6 Å². The van der Waals surface area contributed by atoms with Crippen LogP contribution < -0.4 is 5.32 Å². The minimum atomic E-state index is -0.150. The number of hydrogen-bond donors (Lipinski definition) is 1. The molecule has 0 saturated carbocycles. The van der Waals surface area contributed by atoms with Crippen LogP contribution in [0.4, 0.5) is 0 Å². The molecule has 0 aliphatic carbocycles. The van der Waals surface area contributed by atoms with Crippen molar-refractivity contribution in [2.75, 3.05) is 33.3 Å². The van der Waals surface area contributed by atoms with Crippen molar-refractivity contribution in [1.29, 1.82) is 0 Å². The molecule has 1 N–H and O–H groups in total. The monoisotopic (exact) mass is 240 g/mol. The molecule has 0 aromatic rings. The van der Waals surface area contributed by atoms with Crippen LogP contribution >= 0.6 is 0 Å². The molecule has 2 fully saturated rings. The molecule has 98 valence electrons. The number of carbonyl (C=O) groups excluding carboxylic acids is 1. The molecule has 1 amide bonds. The number of piperidine rings is 1. The fraction of sp³-hybridized carbons (Fsp3) is 0.923. The Kier molecular flexibility index (Phi) is 3.73. The summed E-state index contributed by atoms with van der Waals surface area (Å²) in [5.41, 5.74) is -0.150. The smallest absolute Gasteiger partial charge is 0.227 e. The first-order chi connectivity index (χ1) is 8.06. The van der Waals surface area contributed by atoms with Crippen LogP contribution in [0.2, 0.25) is 0 Å². The third-order valence-electron chi connectivity index (χ3n) is 4.30. The number of nitrogens with zero attached hydrogens (tertiary/aromatic N) is 1. The van der Waals surface area contributed by atoms with Crippen molar-refractivity contribution in [2.24, 2.45) is 11.8 Å². The fourth-order valence-electron chi connectivity index (χ4n) is 2.94. The fourth-order valence-corrected chi connectivity index (χ4v) is 2.94. The van der Waals surface area contributed by atoms with E-state index >= 15 is 0 Å². The summed E-state index contributed by atoms with van der Waals surface area (Å²) in [7, 11) is 1.74. The number of likely N-dealkylation sites (tertiary alicyclic amines) is 1. The molecule has 1 unspecified atom stereocenters. The van der Waals surface area contributed by atoms with Gasteiger partial charge in [-0.15, -0.1) is 0 Å². The number of ether oxygens (including phenoxy) is 1. The largest absolute Gasteiger partial charge is 0.377 e. The normalized spacial score (nSPS) is 38.4. The summed E-state index contributed by atoms with van der Waals surface area (Å²) in [4.78, 5) is 14.4. The molecule has 2 rings (SSSR count). The van der Waals surface area contributed by atoms with E-state index in [1.54, 1.807) is 7.11 Å². The van der Waals surface area contributed by atoms with Gasteiger partial charge in [0, 0.05) is 26.7 Å². The van der Waals surface area contributed by atoms with E-state index in [9.17, 15) is 4.79 Å². The summed E-state index contributed by atoms with van der Waals surface area (Å²) in [6.45, 7) is 7.68. The van der Waals surface area contributed by atoms with E-state index in [1.165, 1.54) is 0 Å². The van der Waals surface area contributed by atoms with Gasteiger partial charge in [0.05, 0.1) is 11.5 Å². The van der Waals surface area contributed by atoms with Gasteiger partial charge in [0.15, 0.2) is 0 Å². The molecular weight excluding hydrogens is 216 g/mol. The summed E-state index contributed by atoms with van der Waals surface area (Å²) in [6, 6.07) is 0. The zero-order chi connectivity index (χ0) is 12.5. The van der Waals surface area contributed by atoms with Crippen molar-refractivity contribution in [1.82, 2.24) is 10.2 Å². The second-order valence-corrected chi connectivity index (χ2v) is 5.76. The van der Waals surface area contributed by atoms with E-state index in [-0.39, 0.29) is 11.5 Å². The quantitative estimate of drug-likeness (QED) is 0.778. The van der Waals surface area contributed by atoms with E-state index in [2.05, 4.69) is 19.2 Å². The average molecular weight is 240 g/mol. The van der Waals surface area contributed by atoms with Crippen LogP contribution in [0.5, 0.6) is 0 Å². The third-order valence-corrected chi connectivity index (χ3v) is 4.30. The summed E-state index contributed by atoms with van der Waals surface area (Å²) < 4.78 is 5.54. The highest BCUT2D eigenvalue weighted by atomic mass is 16.5. The highest BCUT2D eigenvalue weighted by Gasteiger charge is 2.38. The van der Waals surface area contributed by atoms with Gasteiger partial charge in [0.1, 0.15) is 0 Å². The molecule has 4 heteroatoms. The molecular formula is C13H24N2O2. The molecule has 2 aliphatic rings. The predicted molar refractivity (Wildman–Crippen MR) is 66.8 cm³/mol. The number of methoxy groups -OCH3 is 1. The Labute approximate surface area is 104 Å². The average Bonchev–Trinajstić information content (AvgIpc) is 2.75. The Hall–Kier alpha value is -0.610. The maximum Gasteiger partial charge on any atom is 0.227 e. The Morgan fingerprint density at radius 3 is 2.82 bits per heavy atom. The molecule has 0 aromatic carbocycles. The van der Waals surface area contributed by atoms with Crippen LogP contribution in [0.25, 0.3) is 0 Å². The highest BCUT2D eigenvalue weighted by Crippen LogP contribution is 2.27. The highest BCUT2D eigenvalue weighted by molar-refractivity contribution is 5.80. The molecule has 2 heterocycles. The standard InChI is InChI=1S/C13H24N2O2/c1-10-7-14-8-11(10)12(16)15-6-4-5-13(2,9-15)17-3/h10-11,14H,4-9H2,1-3H3/t10-,11-,13?/m1/s1. The molecule has 0 radical (unpaired) electrons. The van der Waals surface area contributed by atoms with Gasteiger partial charge in [-0.25, -0.2) is 0 Å². The van der Waals surface area contributed by atoms with Gasteiger partial charge in [0.2, 0.25) is 5.91 Å². The zero-order valence-corrected chi connectivity index (χ0v) is 11.2. The lowest BCUT2D eigenvalue weighted by Crippen LogP contribution is -2.52. The van der Waals surface area contributed by atoms with Gasteiger partial charge in [0.25, 0.3) is 0 Å².